The Hall–Kier alpha value is -6.72. The van der Waals surface area contributed by atoms with Crippen molar-refractivity contribution >= 4 is 61.3 Å². The molecule has 0 saturated carbocycles. The molecule has 3 heterocycles. The summed E-state index contributed by atoms with van der Waals surface area (Å²) in [5.74, 6) is 3.67. The number of nitrogens with zero attached hydrogens (tertiary/aromatic N) is 4. The van der Waals surface area contributed by atoms with E-state index in [1.54, 1.807) is 0 Å². The van der Waals surface area contributed by atoms with Crippen LogP contribution < -0.4 is 0 Å². The lowest BCUT2D eigenvalue weighted by Crippen LogP contribution is -2.45. The average Bonchev–Trinajstić information content (AvgIpc) is 3.83. The monoisotopic (exact) mass is 764 g/mol. The molecule has 7 aromatic rings. The van der Waals surface area contributed by atoms with Crippen LogP contribution in [0.25, 0.3) is 66.4 Å². The number of fused-ring (bicyclic) bond motifs is 8. The van der Waals surface area contributed by atoms with E-state index in [2.05, 4.69) is 174 Å². The summed E-state index contributed by atoms with van der Waals surface area (Å²) in [6.45, 7) is 0. The Morgan fingerprint density at radius 1 is 0.763 bits per heavy atom. The number of likely N-dealkylation sites (N-methyl/N-ethyl adjacent to an activating group) is 1. The molecule has 0 N–H and O–H groups in total. The predicted octanol–water partition coefficient (Wildman–Crippen LogP) is 13.1. The summed E-state index contributed by atoms with van der Waals surface area (Å²) in [6, 6.07) is 37.6. The largest absolute Gasteiger partial charge is 0.456 e. The highest BCUT2D eigenvalue weighted by Crippen LogP contribution is 2.44. The molecule has 5 aliphatic rings. The smallest absolute Gasteiger partial charge is 0.158 e. The van der Waals surface area contributed by atoms with Gasteiger partial charge >= 0.3 is 0 Å². The van der Waals surface area contributed by atoms with E-state index in [4.69, 9.17) is 14.4 Å². The lowest BCUT2D eigenvalue weighted by molar-refractivity contribution is 0.299. The first-order valence-electron chi connectivity index (χ1n) is 21.2. The van der Waals surface area contributed by atoms with Crippen LogP contribution in [0.5, 0.6) is 0 Å². The van der Waals surface area contributed by atoms with Gasteiger partial charge in [-0.1, -0.05) is 115 Å². The van der Waals surface area contributed by atoms with Crippen LogP contribution in [-0.2, 0) is 6.42 Å². The van der Waals surface area contributed by atoms with Crippen molar-refractivity contribution in [3.63, 3.8) is 0 Å². The van der Waals surface area contributed by atoms with Crippen molar-refractivity contribution in [1.82, 2.24) is 9.47 Å². The number of aryl methyl sites for hydroxylation is 1. The fraction of sp³-hybridized carbons (Fsp3) is 0.185. The fourth-order valence-corrected chi connectivity index (χ4v) is 10.4. The van der Waals surface area contributed by atoms with Crippen molar-refractivity contribution in [2.24, 2.45) is 21.8 Å². The molecule has 5 nitrogen and oxygen atoms in total. The number of hydrogen-bond acceptors (Lipinski definition) is 4. The maximum absolute atomic E-state index is 6.88. The molecule has 0 fully saturated rings. The van der Waals surface area contributed by atoms with E-state index in [9.17, 15) is 0 Å². The minimum atomic E-state index is -0.0381. The van der Waals surface area contributed by atoms with E-state index in [1.165, 1.54) is 72.2 Å². The summed E-state index contributed by atoms with van der Waals surface area (Å²) in [6.07, 6.45) is 26.6. The van der Waals surface area contributed by atoms with E-state index in [-0.39, 0.29) is 12.1 Å². The van der Waals surface area contributed by atoms with Crippen LogP contribution in [-0.4, -0.2) is 34.4 Å². The van der Waals surface area contributed by atoms with Crippen molar-refractivity contribution in [3.8, 4) is 16.8 Å². The Bertz CT molecular complexity index is 3140. The lowest BCUT2D eigenvalue weighted by atomic mass is 9.81. The van der Waals surface area contributed by atoms with Gasteiger partial charge in [-0.25, -0.2) is 9.98 Å². The molecule has 4 aliphatic carbocycles. The highest BCUT2D eigenvalue weighted by Gasteiger charge is 2.34. The minimum absolute atomic E-state index is 0.0381. The van der Waals surface area contributed by atoms with Crippen molar-refractivity contribution in [2.45, 2.75) is 44.7 Å². The number of amidine groups is 2. The molecule has 12 rings (SSSR count). The van der Waals surface area contributed by atoms with E-state index < -0.39 is 0 Å². The quantitative estimate of drug-likeness (QED) is 0.175. The Kier molecular flexibility index (Phi) is 7.97. The van der Waals surface area contributed by atoms with Gasteiger partial charge in [-0.3, -0.25) is 0 Å². The third kappa shape index (κ3) is 5.59. The molecule has 0 radical (unpaired) electrons. The van der Waals surface area contributed by atoms with Gasteiger partial charge in [0.2, 0.25) is 0 Å². The van der Waals surface area contributed by atoms with E-state index >= 15 is 0 Å². The predicted molar refractivity (Wildman–Crippen MR) is 245 cm³/mol. The summed E-state index contributed by atoms with van der Waals surface area (Å²) in [7, 11) is 2.17. The van der Waals surface area contributed by atoms with Crippen LogP contribution >= 0.6 is 0 Å². The molecule has 0 amide bonds. The number of para-hydroxylation sites is 1. The Morgan fingerprint density at radius 2 is 1.63 bits per heavy atom. The summed E-state index contributed by atoms with van der Waals surface area (Å²) in [4.78, 5) is 13.1. The first-order chi connectivity index (χ1) is 29.2. The molecule has 2 aromatic heterocycles. The average molecular weight is 765 g/mol. The zero-order chi connectivity index (χ0) is 39.0. The number of aliphatic imine (C=N–C) groups is 2. The van der Waals surface area contributed by atoms with E-state index in [0.29, 0.717) is 5.92 Å². The zero-order valence-electron chi connectivity index (χ0n) is 33.2. The number of rotatable bonds is 5. The van der Waals surface area contributed by atoms with E-state index in [1.807, 2.05) is 0 Å². The number of allylic oxidation sites excluding steroid dienone is 7. The number of furan rings is 1. The second-order valence-electron chi connectivity index (χ2n) is 16.7. The van der Waals surface area contributed by atoms with Gasteiger partial charge in [-0.05, 0) is 114 Å². The molecule has 5 aromatic carbocycles. The van der Waals surface area contributed by atoms with Crippen LogP contribution in [0.3, 0.4) is 0 Å². The molecule has 286 valence electrons. The molecule has 0 spiro atoms. The highest BCUT2D eigenvalue weighted by molar-refractivity contribution is 6.23. The van der Waals surface area contributed by atoms with Gasteiger partial charge in [0.15, 0.2) is 5.84 Å². The third-order valence-electron chi connectivity index (χ3n) is 13.3. The maximum Gasteiger partial charge on any atom is 0.158 e. The Balaban J connectivity index is 0.971. The van der Waals surface area contributed by atoms with Gasteiger partial charge < -0.3 is 13.9 Å². The summed E-state index contributed by atoms with van der Waals surface area (Å²) < 4.78 is 9.30. The third-order valence-corrected chi connectivity index (χ3v) is 13.3. The molecule has 5 heteroatoms. The van der Waals surface area contributed by atoms with Gasteiger partial charge in [0, 0.05) is 52.0 Å². The van der Waals surface area contributed by atoms with Gasteiger partial charge in [0.05, 0.1) is 11.0 Å². The van der Waals surface area contributed by atoms with Gasteiger partial charge in [-0.15, -0.1) is 0 Å². The molecule has 0 bridgehead atoms. The van der Waals surface area contributed by atoms with Crippen molar-refractivity contribution in [1.29, 1.82) is 0 Å². The number of aromatic nitrogens is 1. The van der Waals surface area contributed by atoms with Gasteiger partial charge in [-0.2, -0.15) is 0 Å². The normalized spacial score (nSPS) is 21.3. The van der Waals surface area contributed by atoms with Crippen molar-refractivity contribution < 1.29 is 4.42 Å². The molecule has 59 heavy (non-hydrogen) atoms. The minimum Gasteiger partial charge on any atom is -0.456 e. The standard InChI is InChI=1S/C54H44N4O/c1-57-53(36-17-6-3-7-18-36)55-52(39-25-24-34-14-8-9-19-37(34)30-39)56-54(57)40-26-28-43-44-29-27-41(33-49(44)59-48(43)32-40)58-46-23-13-12-22-45(46)51-47(58)31-38-20-10-11-21-42(38)50(51)35-15-4-2-5-16-35/h2-7,9-13,15-17,19-23,25,27,29-34,36,53H,8,14,18,24,26,28H2,1H3. The van der Waals surface area contributed by atoms with Crippen LogP contribution in [0.15, 0.2) is 183 Å². The van der Waals surface area contributed by atoms with Crippen molar-refractivity contribution in [3.05, 3.63) is 180 Å². The molecule has 1 aliphatic heterocycles. The second-order valence-corrected chi connectivity index (χ2v) is 16.7. The highest BCUT2D eigenvalue weighted by atomic mass is 16.3. The number of hydrogen-bond donors (Lipinski definition) is 0. The van der Waals surface area contributed by atoms with Gasteiger partial charge in [0.1, 0.15) is 23.3 Å². The first-order valence-corrected chi connectivity index (χ1v) is 21.2. The van der Waals surface area contributed by atoms with Crippen molar-refractivity contribution in [2.75, 3.05) is 7.05 Å². The van der Waals surface area contributed by atoms with Gasteiger partial charge in [0.25, 0.3) is 0 Å². The molecule has 3 unspecified atom stereocenters. The van der Waals surface area contributed by atoms with E-state index in [0.717, 1.165) is 66.4 Å². The first kappa shape index (κ1) is 34.3. The Morgan fingerprint density at radius 3 is 2.53 bits per heavy atom. The Labute approximate surface area is 344 Å². The summed E-state index contributed by atoms with van der Waals surface area (Å²) in [5.41, 5.74) is 11.9. The summed E-state index contributed by atoms with van der Waals surface area (Å²) in [5, 5.41) is 6.18. The lowest BCUT2D eigenvalue weighted by Gasteiger charge is -2.37. The summed E-state index contributed by atoms with van der Waals surface area (Å²) >= 11 is 0. The number of benzene rings is 5. The molecule has 0 saturated heterocycles. The van der Waals surface area contributed by atoms with Crippen LogP contribution in [0, 0.1) is 11.8 Å². The van der Waals surface area contributed by atoms with Crippen LogP contribution in [0.4, 0.5) is 0 Å². The molecular formula is C54H44N4O. The zero-order valence-corrected chi connectivity index (χ0v) is 33.2. The molecule has 3 atom stereocenters. The van der Waals surface area contributed by atoms with Crippen LogP contribution in [0.2, 0.25) is 0 Å². The maximum atomic E-state index is 6.88. The topological polar surface area (TPSA) is 46.0 Å². The fourth-order valence-electron chi connectivity index (χ4n) is 10.4. The second kappa shape index (κ2) is 13.7. The molecular weight excluding hydrogens is 721 g/mol. The SMILES string of the molecule is CN1C(C2=Cc3oc4cc(-n5c6ccccc6c6c(-c7ccccc7)c7ccccc7cc65)ccc4c3CC2)=NC(C2=CCC3CCC=CC3=C2)=NC1C1C=CC=CC1. The van der Waals surface area contributed by atoms with Crippen LogP contribution in [0.1, 0.15) is 43.4 Å².